The lowest BCUT2D eigenvalue weighted by Gasteiger charge is -2.30. The molecule has 0 aromatic heterocycles. The summed E-state index contributed by atoms with van der Waals surface area (Å²) in [5, 5.41) is 5.96. The fourth-order valence-corrected chi connectivity index (χ4v) is 6.68. The molecule has 9 nitrogen and oxygen atoms in total. The molecule has 2 N–H and O–H groups in total. The molecule has 2 fully saturated rings. The summed E-state index contributed by atoms with van der Waals surface area (Å²) in [6.45, 7) is 6.58. The molecule has 0 unspecified atom stereocenters. The van der Waals surface area contributed by atoms with Gasteiger partial charge in [-0.1, -0.05) is 74.5 Å². The first kappa shape index (κ1) is 29.8. The predicted octanol–water partition coefficient (Wildman–Crippen LogP) is 3.29. The highest BCUT2D eigenvalue weighted by Crippen LogP contribution is 2.28. The van der Waals surface area contributed by atoms with Crippen LogP contribution in [0.5, 0.6) is 0 Å². The summed E-state index contributed by atoms with van der Waals surface area (Å²) in [7, 11) is -3.67. The van der Waals surface area contributed by atoms with E-state index in [0.717, 1.165) is 11.1 Å². The average molecular weight is 569 g/mol. The van der Waals surface area contributed by atoms with Crippen molar-refractivity contribution in [3.63, 3.8) is 0 Å². The van der Waals surface area contributed by atoms with E-state index >= 15 is 0 Å². The minimum Gasteiger partial charge on any atom is -0.378 e. The molecule has 40 heavy (non-hydrogen) atoms. The number of urea groups is 1. The van der Waals surface area contributed by atoms with Crippen molar-refractivity contribution in [3.05, 3.63) is 82.8 Å². The number of nitrogens with zero attached hydrogens (tertiary/aromatic N) is 2. The molecule has 0 bridgehead atoms. The third-order valence-electron chi connectivity index (χ3n) is 7.11. The highest BCUT2D eigenvalue weighted by atomic mass is 32.2. The maximum Gasteiger partial charge on any atom is 0.318 e. The summed E-state index contributed by atoms with van der Waals surface area (Å²) in [5.74, 6) is -0.168. The zero-order chi connectivity index (χ0) is 28.5. The van der Waals surface area contributed by atoms with Gasteiger partial charge in [0.15, 0.2) is 0 Å². The van der Waals surface area contributed by atoms with Crippen LogP contribution >= 0.6 is 0 Å². The van der Waals surface area contributed by atoms with Crippen molar-refractivity contribution in [1.29, 1.82) is 0 Å². The fourth-order valence-electron chi connectivity index (χ4n) is 5.01. The summed E-state index contributed by atoms with van der Waals surface area (Å²) in [6.07, 6.45) is 2.94. The van der Waals surface area contributed by atoms with E-state index in [1.54, 1.807) is 11.0 Å². The highest BCUT2D eigenvalue weighted by Gasteiger charge is 2.35. The van der Waals surface area contributed by atoms with Crippen LogP contribution in [0.2, 0.25) is 0 Å². The van der Waals surface area contributed by atoms with E-state index in [9.17, 15) is 18.0 Å². The van der Waals surface area contributed by atoms with Crippen molar-refractivity contribution in [2.75, 3.05) is 32.8 Å². The first-order valence-electron chi connectivity index (χ1n) is 13.9. The maximum absolute atomic E-state index is 13.6. The van der Waals surface area contributed by atoms with Crippen LogP contribution in [0.1, 0.15) is 37.8 Å². The number of hydrogen-bond donors (Lipinski definition) is 2. The van der Waals surface area contributed by atoms with Crippen molar-refractivity contribution in [2.24, 2.45) is 5.92 Å². The van der Waals surface area contributed by atoms with Gasteiger partial charge < -0.3 is 20.3 Å². The number of ether oxygens (including phenoxy) is 1. The Kier molecular flexibility index (Phi) is 10.4. The van der Waals surface area contributed by atoms with Crippen LogP contribution < -0.4 is 10.6 Å². The molecule has 10 heteroatoms. The van der Waals surface area contributed by atoms with E-state index in [1.165, 1.54) is 4.31 Å². The average Bonchev–Trinajstić information content (AvgIpc) is 3.21. The smallest absolute Gasteiger partial charge is 0.318 e. The van der Waals surface area contributed by atoms with E-state index in [2.05, 4.69) is 10.6 Å². The summed E-state index contributed by atoms with van der Waals surface area (Å²) >= 11 is 0. The van der Waals surface area contributed by atoms with E-state index in [1.807, 2.05) is 74.5 Å². The Morgan fingerprint density at radius 3 is 2.17 bits per heavy atom. The summed E-state index contributed by atoms with van der Waals surface area (Å²) in [5.41, 5.74) is 1.90. The molecule has 2 aromatic carbocycles. The largest absolute Gasteiger partial charge is 0.378 e. The third-order valence-corrected chi connectivity index (χ3v) is 9.11. The number of morpholine rings is 1. The SMILES string of the molecule is CC(C)C[C@H](NC(=O)N1CCOCC1)C(=O)N[C@H](/C=C1\CCN(Cc2ccccc2)S1(=O)=O)Cc1ccccc1. The molecule has 2 aliphatic rings. The number of carbonyl (C=O) groups is 2. The van der Waals surface area contributed by atoms with Crippen LogP contribution in [-0.4, -0.2) is 74.5 Å². The van der Waals surface area contributed by atoms with Gasteiger partial charge in [0.05, 0.1) is 24.2 Å². The number of benzene rings is 2. The number of carbonyl (C=O) groups excluding carboxylic acids is 2. The van der Waals surface area contributed by atoms with Gasteiger partial charge in [0.2, 0.25) is 15.9 Å². The van der Waals surface area contributed by atoms with Gasteiger partial charge >= 0.3 is 6.03 Å². The molecule has 2 atom stereocenters. The molecule has 2 heterocycles. The Hall–Kier alpha value is -3.21. The van der Waals surface area contributed by atoms with Gasteiger partial charge in [0.1, 0.15) is 6.04 Å². The quantitative estimate of drug-likeness (QED) is 0.457. The standard InChI is InChI=1S/C30H40N4O5S/c1-23(2)19-28(32-30(36)33-15-17-39-18-16-33)29(35)31-26(20-24-9-5-3-6-10-24)21-27-13-14-34(40(27,37)38)22-25-11-7-4-8-12-25/h3-12,21,23,26,28H,13-20,22H2,1-2H3,(H,31,35)(H,32,36)/b27-21+/t26-,28-/m0/s1. The molecule has 4 rings (SSSR count). The van der Waals surface area contributed by atoms with Crippen molar-refractivity contribution >= 4 is 22.0 Å². The summed E-state index contributed by atoms with van der Waals surface area (Å²) < 4.78 is 33.7. The van der Waals surface area contributed by atoms with Crippen molar-refractivity contribution in [2.45, 2.75) is 51.7 Å². The molecule has 2 aliphatic heterocycles. The van der Waals surface area contributed by atoms with Gasteiger partial charge in [-0.25, -0.2) is 13.2 Å². The molecule has 0 spiro atoms. The van der Waals surface area contributed by atoms with Crippen LogP contribution in [0.3, 0.4) is 0 Å². The second-order valence-electron chi connectivity index (χ2n) is 10.7. The van der Waals surface area contributed by atoms with Crippen LogP contribution in [0.25, 0.3) is 0 Å². The van der Waals surface area contributed by atoms with Gasteiger partial charge in [0.25, 0.3) is 0 Å². The second kappa shape index (κ2) is 13.9. The third kappa shape index (κ3) is 8.16. The topological polar surface area (TPSA) is 108 Å². The lowest BCUT2D eigenvalue weighted by atomic mass is 10.0. The molecular weight excluding hydrogens is 528 g/mol. The molecule has 0 radical (unpaired) electrons. The number of amides is 3. The Labute approximate surface area is 237 Å². The Morgan fingerprint density at radius 2 is 1.55 bits per heavy atom. The zero-order valence-corrected chi connectivity index (χ0v) is 24.1. The number of hydrogen-bond acceptors (Lipinski definition) is 5. The number of nitrogens with one attached hydrogen (secondary N) is 2. The highest BCUT2D eigenvalue weighted by molar-refractivity contribution is 7.93. The fraction of sp³-hybridized carbons (Fsp3) is 0.467. The van der Waals surface area contributed by atoms with Gasteiger partial charge in [-0.15, -0.1) is 0 Å². The minimum absolute atomic E-state index is 0.161. The van der Waals surface area contributed by atoms with Crippen molar-refractivity contribution < 1.29 is 22.7 Å². The summed E-state index contributed by atoms with van der Waals surface area (Å²) in [4.78, 5) is 28.4. The lowest BCUT2D eigenvalue weighted by Crippen LogP contribution is -2.55. The summed E-state index contributed by atoms with van der Waals surface area (Å²) in [6, 6.07) is 17.6. The second-order valence-corrected chi connectivity index (χ2v) is 12.7. The van der Waals surface area contributed by atoms with Gasteiger partial charge in [0, 0.05) is 26.2 Å². The number of sulfonamides is 1. The monoisotopic (exact) mass is 568 g/mol. The van der Waals surface area contributed by atoms with E-state index < -0.39 is 22.1 Å². The van der Waals surface area contributed by atoms with E-state index in [0.29, 0.717) is 63.6 Å². The van der Waals surface area contributed by atoms with Crippen LogP contribution in [-0.2, 0) is 32.5 Å². The minimum atomic E-state index is -3.67. The molecule has 216 valence electrons. The first-order valence-corrected chi connectivity index (χ1v) is 15.4. The molecule has 0 saturated carbocycles. The van der Waals surface area contributed by atoms with Gasteiger partial charge in [-0.05, 0) is 42.4 Å². The van der Waals surface area contributed by atoms with E-state index in [4.69, 9.17) is 4.74 Å². The molecular formula is C30H40N4O5S. The van der Waals surface area contributed by atoms with Crippen molar-refractivity contribution in [3.8, 4) is 0 Å². The van der Waals surface area contributed by atoms with Crippen LogP contribution in [0, 0.1) is 5.92 Å². The maximum atomic E-state index is 13.6. The first-order chi connectivity index (χ1) is 19.2. The van der Waals surface area contributed by atoms with Crippen LogP contribution in [0.15, 0.2) is 71.6 Å². The predicted molar refractivity (Wildman–Crippen MR) is 155 cm³/mol. The Bertz CT molecular complexity index is 1260. The number of rotatable bonds is 10. The van der Waals surface area contributed by atoms with Crippen LogP contribution in [0.4, 0.5) is 4.79 Å². The molecule has 2 saturated heterocycles. The molecule has 0 aliphatic carbocycles. The van der Waals surface area contributed by atoms with Gasteiger partial charge in [-0.2, -0.15) is 4.31 Å². The molecule has 2 aromatic rings. The Morgan fingerprint density at radius 1 is 0.925 bits per heavy atom. The zero-order valence-electron chi connectivity index (χ0n) is 23.3. The van der Waals surface area contributed by atoms with E-state index in [-0.39, 0.29) is 17.9 Å². The van der Waals surface area contributed by atoms with Gasteiger partial charge in [-0.3, -0.25) is 4.79 Å². The normalized spacial score (nSPS) is 19.9. The lowest BCUT2D eigenvalue weighted by molar-refractivity contribution is -0.123. The van der Waals surface area contributed by atoms with Crippen molar-refractivity contribution in [1.82, 2.24) is 19.8 Å². The Balaban J connectivity index is 1.53. The molecule has 3 amide bonds.